The summed E-state index contributed by atoms with van der Waals surface area (Å²) in [4.78, 5) is 18.5. The van der Waals surface area contributed by atoms with Crippen LogP contribution in [0.15, 0.2) is 0 Å². The van der Waals surface area contributed by atoms with Crippen LogP contribution in [0.2, 0.25) is 10.4 Å². The lowest BCUT2D eigenvalue weighted by atomic mass is 10.3. The molecular weight excluding hydrogens is 241 g/mol. The van der Waals surface area contributed by atoms with Crippen LogP contribution in [0.5, 0.6) is 0 Å². The van der Waals surface area contributed by atoms with Crippen LogP contribution in [0.4, 0.5) is 4.79 Å². The molecule has 5 nitrogen and oxygen atoms in total. The second kappa shape index (κ2) is 5.14. The number of nitrogens with one attached hydrogen (secondary N) is 1. The third kappa shape index (κ3) is 3.21. The van der Waals surface area contributed by atoms with Crippen LogP contribution in [0.25, 0.3) is 0 Å². The second-order valence-electron chi connectivity index (χ2n) is 2.68. The van der Waals surface area contributed by atoms with Crippen molar-refractivity contribution in [2.24, 2.45) is 0 Å². The molecule has 1 N–H and O–H groups in total. The first kappa shape index (κ1) is 12.0. The first-order chi connectivity index (χ1) is 7.04. The predicted molar refractivity (Wildman–Crippen MR) is 56.0 cm³/mol. The van der Waals surface area contributed by atoms with Gasteiger partial charge in [0.1, 0.15) is 11.8 Å². The summed E-state index contributed by atoms with van der Waals surface area (Å²) in [5.74, 6) is 0. The van der Waals surface area contributed by atoms with Crippen molar-refractivity contribution in [3.63, 3.8) is 0 Å². The van der Waals surface area contributed by atoms with E-state index in [9.17, 15) is 4.79 Å². The number of rotatable bonds is 2. The van der Waals surface area contributed by atoms with Crippen LogP contribution in [0.1, 0.15) is 11.3 Å². The molecule has 0 aliphatic heterocycles. The highest BCUT2D eigenvalue weighted by Gasteiger charge is 2.09. The van der Waals surface area contributed by atoms with E-state index in [-0.39, 0.29) is 17.0 Å². The molecule has 1 heterocycles. The maximum Gasteiger partial charge on any atom is 0.407 e. The van der Waals surface area contributed by atoms with Gasteiger partial charge in [-0.3, -0.25) is 0 Å². The lowest BCUT2D eigenvalue weighted by Gasteiger charge is -2.07. The fraction of sp³-hybridized carbons (Fsp3) is 0.375. The van der Waals surface area contributed by atoms with Crippen LogP contribution in [-0.4, -0.2) is 23.1 Å². The molecule has 0 spiro atoms. The monoisotopic (exact) mass is 249 g/mol. The molecular formula is C8H9Cl2N3O2. The molecule has 0 bridgehead atoms. The Balaban J connectivity index is 2.81. The molecule has 1 aromatic heterocycles. The number of hydrogen-bond acceptors (Lipinski definition) is 4. The van der Waals surface area contributed by atoms with Crippen LogP contribution < -0.4 is 5.32 Å². The maximum absolute atomic E-state index is 10.8. The Morgan fingerprint density at radius 1 is 1.47 bits per heavy atom. The van der Waals surface area contributed by atoms with Crippen LogP contribution in [-0.2, 0) is 11.3 Å². The van der Waals surface area contributed by atoms with Gasteiger partial charge in [-0.1, -0.05) is 11.6 Å². The topological polar surface area (TPSA) is 64.1 Å². The molecule has 7 heteroatoms. The number of aromatic nitrogens is 2. The Bertz CT molecular complexity index is 384. The third-order valence-corrected chi connectivity index (χ3v) is 2.24. The highest BCUT2D eigenvalue weighted by molar-refractivity contribution is 6.32. The van der Waals surface area contributed by atoms with Crippen LogP contribution in [0, 0.1) is 6.92 Å². The Labute approximate surface area is 96.8 Å². The Kier molecular flexibility index (Phi) is 4.11. The smallest absolute Gasteiger partial charge is 0.407 e. The lowest BCUT2D eigenvalue weighted by molar-refractivity contribution is 0.140. The number of alkyl carbamates (subject to hydrolysis) is 1. The van der Waals surface area contributed by atoms with Crippen molar-refractivity contribution in [1.29, 1.82) is 0 Å². The van der Waals surface area contributed by atoms with Gasteiger partial charge < -0.3 is 10.1 Å². The predicted octanol–water partition coefficient (Wildman–Crippen LogP) is 1.95. The number of hydrogen-bond donors (Lipinski definition) is 1. The van der Waals surface area contributed by atoms with Gasteiger partial charge in [-0.25, -0.2) is 14.8 Å². The Morgan fingerprint density at radius 2 is 2.13 bits per heavy atom. The van der Waals surface area contributed by atoms with Crippen molar-refractivity contribution in [2.75, 3.05) is 7.05 Å². The number of carbonyl (C=O) groups is 1. The molecule has 15 heavy (non-hydrogen) atoms. The minimum absolute atomic E-state index is 0.00741. The van der Waals surface area contributed by atoms with Crippen molar-refractivity contribution in [3.05, 3.63) is 21.7 Å². The number of ether oxygens (including phenoxy) is 1. The molecule has 82 valence electrons. The van der Waals surface area contributed by atoms with Gasteiger partial charge in [0.2, 0.25) is 5.28 Å². The number of amides is 1. The normalized spacial score (nSPS) is 9.87. The summed E-state index contributed by atoms with van der Waals surface area (Å²) in [6, 6.07) is 0. The fourth-order valence-corrected chi connectivity index (χ4v) is 1.27. The summed E-state index contributed by atoms with van der Waals surface area (Å²) in [7, 11) is 1.47. The summed E-state index contributed by atoms with van der Waals surface area (Å²) >= 11 is 11.4. The molecule has 0 fully saturated rings. The molecule has 0 saturated carbocycles. The van der Waals surface area contributed by atoms with E-state index < -0.39 is 6.09 Å². The van der Waals surface area contributed by atoms with Gasteiger partial charge in [-0.2, -0.15) is 0 Å². The Morgan fingerprint density at radius 3 is 2.73 bits per heavy atom. The largest absolute Gasteiger partial charge is 0.443 e. The highest BCUT2D eigenvalue weighted by atomic mass is 35.5. The quantitative estimate of drug-likeness (QED) is 0.643. The maximum atomic E-state index is 10.8. The van der Waals surface area contributed by atoms with Crippen molar-refractivity contribution >= 4 is 29.3 Å². The minimum Gasteiger partial charge on any atom is -0.443 e. The van der Waals surface area contributed by atoms with E-state index in [2.05, 4.69) is 15.3 Å². The van der Waals surface area contributed by atoms with E-state index in [1.165, 1.54) is 7.05 Å². The molecule has 0 aliphatic rings. The number of nitrogens with zero attached hydrogens (tertiary/aromatic N) is 2. The summed E-state index contributed by atoms with van der Waals surface area (Å²) in [6.45, 7) is 1.73. The highest BCUT2D eigenvalue weighted by Crippen LogP contribution is 2.18. The van der Waals surface area contributed by atoms with Gasteiger partial charge in [0, 0.05) is 12.6 Å². The number of halogens is 2. The summed E-state index contributed by atoms with van der Waals surface area (Å²) in [5, 5.41) is 2.60. The summed E-state index contributed by atoms with van der Waals surface area (Å²) in [6.07, 6.45) is -0.541. The third-order valence-electron chi connectivity index (χ3n) is 1.70. The molecule has 0 radical (unpaired) electrons. The van der Waals surface area contributed by atoms with Crippen molar-refractivity contribution in [1.82, 2.24) is 15.3 Å². The number of carbonyl (C=O) groups excluding carboxylic acids is 1. The Hall–Kier alpha value is -1.07. The minimum atomic E-state index is -0.541. The van der Waals surface area contributed by atoms with Gasteiger partial charge in [0.05, 0.1) is 5.69 Å². The molecule has 1 aromatic rings. The van der Waals surface area contributed by atoms with Gasteiger partial charge >= 0.3 is 6.09 Å². The first-order valence-corrected chi connectivity index (χ1v) is 4.83. The van der Waals surface area contributed by atoms with E-state index in [4.69, 9.17) is 27.9 Å². The SMILES string of the molecule is CNC(=O)OCc1nc(Cl)nc(Cl)c1C. The average molecular weight is 250 g/mol. The average Bonchev–Trinajstić information content (AvgIpc) is 2.20. The van der Waals surface area contributed by atoms with E-state index >= 15 is 0 Å². The van der Waals surface area contributed by atoms with Gasteiger partial charge in [0.15, 0.2) is 0 Å². The first-order valence-electron chi connectivity index (χ1n) is 4.07. The standard InChI is InChI=1S/C8H9Cl2N3O2/c1-4-5(3-15-8(14)11-2)12-7(10)13-6(4)9/h3H2,1-2H3,(H,11,14). The van der Waals surface area contributed by atoms with E-state index in [1.54, 1.807) is 6.92 Å². The van der Waals surface area contributed by atoms with E-state index in [1.807, 2.05) is 0 Å². The van der Waals surface area contributed by atoms with Crippen LogP contribution >= 0.6 is 23.2 Å². The molecule has 0 saturated heterocycles. The van der Waals surface area contributed by atoms with E-state index in [0.717, 1.165) is 0 Å². The zero-order valence-electron chi connectivity index (χ0n) is 8.17. The fourth-order valence-electron chi connectivity index (χ4n) is 0.851. The summed E-state index contributed by atoms with van der Waals surface area (Å²) in [5.41, 5.74) is 1.13. The molecule has 0 unspecified atom stereocenters. The van der Waals surface area contributed by atoms with Gasteiger partial charge in [-0.05, 0) is 18.5 Å². The summed E-state index contributed by atoms with van der Waals surface area (Å²) < 4.78 is 4.81. The van der Waals surface area contributed by atoms with Gasteiger partial charge in [-0.15, -0.1) is 0 Å². The molecule has 1 rings (SSSR count). The lowest BCUT2D eigenvalue weighted by Crippen LogP contribution is -2.19. The van der Waals surface area contributed by atoms with Crippen molar-refractivity contribution < 1.29 is 9.53 Å². The molecule has 1 amide bonds. The van der Waals surface area contributed by atoms with Crippen LogP contribution in [0.3, 0.4) is 0 Å². The van der Waals surface area contributed by atoms with Gasteiger partial charge in [0.25, 0.3) is 0 Å². The molecule has 0 atom stereocenters. The van der Waals surface area contributed by atoms with Crippen molar-refractivity contribution in [3.8, 4) is 0 Å². The molecule has 0 aromatic carbocycles. The zero-order chi connectivity index (χ0) is 11.4. The van der Waals surface area contributed by atoms with Crippen molar-refractivity contribution in [2.45, 2.75) is 13.5 Å². The van der Waals surface area contributed by atoms with E-state index in [0.29, 0.717) is 11.3 Å². The molecule has 0 aliphatic carbocycles. The zero-order valence-corrected chi connectivity index (χ0v) is 9.69. The second-order valence-corrected chi connectivity index (χ2v) is 3.38.